The lowest BCUT2D eigenvalue weighted by Crippen LogP contribution is -2.32. The molecule has 1 aliphatic rings. The maximum absolute atomic E-state index is 12.3. The number of nitrogens with one attached hydrogen (secondary N) is 1. The van der Waals surface area contributed by atoms with Crippen molar-refractivity contribution in [3.05, 3.63) is 51.2 Å². The molecule has 5 heteroatoms. The molecule has 2 aromatic rings. The molecule has 1 aliphatic heterocycles. The lowest BCUT2D eigenvalue weighted by molar-refractivity contribution is -0.117. The summed E-state index contributed by atoms with van der Waals surface area (Å²) in [6.45, 7) is 3.35. The van der Waals surface area contributed by atoms with E-state index in [-0.39, 0.29) is 5.91 Å². The first-order valence-corrected chi connectivity index (χ1v) is 8.78. The van der Waals surface area contributed by atoms with Crippen molar-refractivity contribution >= 4 is 34.5 Å². The number of halogens is 1. The Labute approximate surface area is 139 Å². The van der Waals surface area contributed by atoms with Crippen molar-refractivity contribution in [2.75, 3.05) is 18.4 Å². The zero-order chi connectivity index (χ0) is 15.5. The number of carbonyl (C=O) groups excluding carboxylic acids is 1. The van der Waals surface area contributed by atoms with Crippen LogP contribution in [0.2, 0.25) is 5.02 Å². The Hall–Kier alpha value is -1.36. The number of rotatable bonds is 4. The van der Waals surface area contributed by atoms with Crippen molar-refractivity contribution < 1.29 is 4.79 Å². The number of nitrogens with zero attached hydrogens (tertiary/aromatic N) is 1. The average molecular weight is 335 g/mol. The van der Waals surface area contributed by atoms with Gasteiger partial charge in [0.2, 0.25) is 5.91 Å². The molecule has 0 radical (unpaired) electrons. The lowest BCUT2D eigenvalue weighted by Gasteiger charge is -2.23. The minimum Gasteiger partial charge on any atom is -0.324 e. The van der Waals surface area contributed by atoms with Gasteiger partial charge in [-0.3, -0.25) is 9.69 Å². The molecule has 0 spiro atoms. The Bertz CT molecular complexity index is 657. The average Bonchev–Trinajstić information content (AvgIpc) is 3.12. The van der Waals surface area contributed by atoms with E-state index in [0.717, 1.165) is 24.9 Å². The Balaban J connectivity index is 1.64. The summed E-state index contributed by atoms with van der Waals surface area (Å²) in [7, 11) is 0. The molecule has 116 valence electrons. The monoisotopic (exact) mass is 334 g/mol. The summed E-state index contributed by atoms with van der Waals surface area (Å²) in [5.41, 5.74) is 3.09. The number of aryl methyl sites for hydroxylation is 1. The first-order valence-electron chi connectivity index (χ1n) is 7.45. The van der Waals surface area contributed by atoms with Crippen molar-refractivity contribution in [3.8, 4) is 0 Å². The molecule has 1 fully saturated rings. The molecule has 0 bridgehead atoms. The van der Waals surface area contributed by atoms with Crippen LogP contribution >= 0.6 is 22.9 Å². The van der Waals surface area contributed by atoms with E-state index < -0.39 is 0 Å². The Kier molecular flexibility index (Phi) is 4.81. The van der Waals surface area contributed by atoms with Crippen molar-refractivity contribution in [3.63, 3.8) is 0 Å². The maximum Gasteiger partial charge on any atom is 0.238 e. The van der Waals surface area contributed by atoms with Crippen molar-refractivity contribution in [1.82, 2.24) is 4.90 Å². The van der Waals surface area contributed by atoms with Gasteiger partial charge < -0.3 is 5.32 Å². The van der Waals surface area contributed by atoms with Gasteiger partial charge >= 0.3 is 0 Å². The molecule has 1 amide bonds. The minimum absolute atomic E-state index is 0.00659. The van der Waals surface area contributed by atoms with Gasteiger partial charge in [-0.05, 0) is 66.4 Å². The number of hydrogen-bond donors (Lipinski definition) is 1. The van der Waals surface area contributed by atoms with Crippen LogP contribution in [0.3, 0.4) is 0 Å². The summed E-state index contributed by atoms with van der Waals surface area (Å²) in [4.78, 5) is 14.6. The third kappa shape index (κ3) is 3.51. The van der Waals surface area contributed by atoms with Crippen LogP contribution in [0.1, 0.15) is 30.0 Å². The number of anilines is 1. The normalized spacial score (nSPS) is 18.5. The quantitative estimate of drug-likeness (QED) is 0.893. The fraction of sp³-hybridized carbons (Fsp3) is 0.353. The molecule has 0 saturated carbocycles. The number of thiophene rings is 1. The van der Waals surface area contributed by atoms with E-state index in [1.54, 1.807) is 11.3 Å². The van der Waals surface area contributed by atoms with Crippen LogP contribution in [0.5, 0.6) is 0 Å². The molecule has 2 heterocycles. The summed E-state index contributed by atoms with van der Waals surface area (Å²) in [5, 5.41) is 7.78. The summed E-state index contributed by atoms with van der Waals surface area (Å²) in [6, 6.07) is 8.19. The second kappa shape index (κ2) is 6.82. The molecular weight excluding hydrogens is 316 g/mol. The first kappa shape index (κ1) is 15.5. The van der Waals surface area contributed by atoms with Crippen LogP contribution in [0.25, 0.3) is 0 Å². The third-order valence-electron chi connectivity index (χ3n) is 4.04. The third-order valence-corrected chi connectivity index (χ3v) is 5.05. The SMILES string of the molecule is Cc1ccc(NC(=O)CN2CCC[C@@H]2c2ccsc2)c(Cl)c1. The fourth-order valence-corrected chi connectivity index (χ4v) is 3.94. The standard InChI is InChI=1S/C17H19ClN2OS/c1-12-4-5-15(14(18)9-12)19-17(21)10-20-7-2-3-16(20)13-6-8-22-11-13/h4-6,8-9,11,16H,2-3,7,10H2,1H3,(H,19,21)/t16-/m1/s1. The van der Waals surface area contributed by atoms with Gasteiger partial charge in [-0.25, -0.2) is 0 Å². The highest BCUT2D eigenvalue weighted by Crippen LogP contribution is 2.32. The van der Waals surface area contributed by atoms with Crippen molar-refractivity contribution in [1.29, 1.82) is 0 Å². The predicted molar refractivity (Wildman–Crippen MR) is 92.7 cm³/mol. The van der Waals surface area contributed by atoms with E-state index in [2.05, 4.69) is 27.0 Å². The maximum atomic E-state index is 12.3. The molecule has 3 rings (SSSR count). The molecule has 1 atom stereocenters. The first-order chi connectivity index (χ1) is 10.6. The van der Waals surface area contributed by atoms with Crippen LogP contribution in [0, 0.1) is 6.92 Å². The predicted octanol–water partition coefficient (Wildman–Crippen LogP) is 4.49. The zero-order valence-electron chi connectivity index (χ0n) is 12.5. The highest BCUT2D eigenvalue weighted by atomic mass is 35.5. The molecule has 22 heavy (non-hydrogen) atoms. The second-order valence-corrected chi connectivity index (χ2v) is 6.90. The van der Waals surface area contributed by atoms with Crippen molar-refractivity contribution in [2.24, 2.45) is 0 Å². The van der Waals surface area contributed by atoms with Gasteiger partial charge in [0.15, 0.2) is 0 Å². The van der Waals surface area contributed by atoms with Gasteiger partial charge in [-0.1, -0.05) is 17.7 Å². The smallest absolute Gasteiger partial charge is 0.238 e. The van der Waals surface area contributed by atoms with E-state index in [1.807, 2.05) is 25.1 Å². The van der Waals surface area contributed by atoms with Gasteiger partial charge in [0, 0.05) is 6.04 Å². The minimum atomic E-state index is -0.00659. The van der Waals surface area contributed by atoms with Crippen LogP contribution in [-0.4, -0.2) is 23.9 Å². The van der Waals surface area contributed by atoms with Gasteiger partial charge in [0.25, 0.3) is 0 Å². The Morgan fingerprint density at radius 3 is 3.05 bits per heavy atom. The molecule has 0 unspecified atom stereocenters. The van der Waals surface area contributed by atoms with E-state index in [0.29, 0.717) is 23.3 Å². The molecule has 1 aromatic heterocycles. The summed E-state index contributed by atoms with van der Waals surface area (Å²) in [6.07, 6.45) is 2.26. The molecular formula is C17H19ClN2OS. The largest absolute Gasteiger partial charge is 0.324 e. The van der Waals surface area contributed by atoms with Gasteiger partial charge in [-0.15, -0.1) is 0 Å². The Morgan fingerprint density at radius 1 is 1.45 bits per heavy atom. The number of carbonyl (C=O) groups is 1. The summed E-state index contributed by atoms with van der Waals surface area (Å²) in [5.74, 6) is -0.00659. The van der Waals surface area contributed by atoms with E-state index in [4.69, 9.17) is 11.6 Å². The van der Waals surface area contributed by atoms with E-state index in [1.165, 1.54) is 5.56 Å². The molecule has 0 aliphatic carbocycles. The van der Waals surface area contributed by atoms with Crippen LogP contribution in [0.4, 0.5) is 5.69 Å². The number of amides is 1. The summed E-state index contributed by atoms with van der Waals surface area (Å²) >= 11 is 7.88. The molecule has 1 saturated heterocycles. The number of hydrogen-bond acceptors (Lipinski definition) is 3. The lowest BCUT2D eigenvalue weighted by atomic mass is 10.1. The van der Waals surface area contributed by atoms with Gasteiger partial charge in [0.05, 0.1) is 17.3 Å². The highest BCUT2D eigenvalue weighted by molar-refractivity contribution is 7.07. The van der Waals surface area contributed by atoms with Crippen molar-refractivity contribution in [2.45, 2.75) is 25.8 Å². The number of likely N-dealkylation sites (tertiary alicyclic amines) is 1. The van der Waals surface area contributed by atoms with Crippen LogP contribution in [0.15, 0.2) is 35.0 Å². The number of benzene rings is 1. The zero-order valence-corrected chi connectivity index (χ0v) is 14.1. The van der Waals surface area contributed by atoms with E-state index in [9.17, 15) is 4.79 Å². The van der Waals surface area contributed by atoms with Crippen LogP contribution < -0.4 is 5.32 Å². The highest BCUT2D eigenvalue weighted by Gasteiger charge is 2.27. The molecule has 1 aromatic carbocycles. The molecule has 1 N–H and O–H groups in total. The van der Waals surface area contributed by atoms with Gasteiger partial charge in [0.1, 0.15) is 0 Å². The van der Waals surface area contributed by atoms with E-state index >= 15 is 0 Å². The Morgan fingerprint density at radius 2 is 2.32 bits per heavy atom. The fourth-order valence-electron chi connectivity index (χ4n) is 2.95. The van der Waals surface area contributed by atoms with Crippen LogP contribution in [-0.2, 0) is 4.79 Å². The summed E-state index contributed by atoms with van der Waals surface area (Å²) < 4.78 is 0. The van der Waals surface area contributed by atoms with Gasteiger partial charge in [-0.2, -0.15) is 11.3 Å². The molecule has 3 nitrogen and oxygen atoms in total. The second-order valence-electron chi connectivity index (χ2n) is 5.72. The topological polar surface area (TPSA) is 32.3 Å².